The van der Waals surface area contributed by atoms with Crippen LogP contribution in [0.3, 0.4) is 0 Å². The zero-order valence-corrected chi connectivity index (χ0v) is 16.7. The second-order valence-corrected chi connectivity index (χ2v) is 6.81. The molecule has 1 N–H and O–H groups in total. The molecule has 0 aliphatic carbocycles. The molecule has 0 unspecified atom stereocenters. The Morgan fingerprint density at radius 1 is 1.00 bits per heavy atom. The maximum Gasteiger partial charge on any atom is 0.295 e. The first-order valence-corrected chi connectivity index (χ1v) is 9.48. The van der Waals surface area contributed by atoms with E-state index in [2.05, 4.69) is 10.4 Å². The third-order valence-electron chi connectivity index (χ3n) is 4.85. The molecule has 0 atom stereocenters. The van der Waals surface area contributed by atoms with Crippen LogP contribution in [-0.2, 0) is 11.8 Å². The molecule has 2 heterocycles. The summed E-state index contributed by atoms with van der Waals surface area (Å²) in [5, 5.41) is 7.01. The lowest BCUT2D eigenvalue weighted by Crippen LogP contribution is -2.22. The second kappa shape index (κ2) is 8.08. The van der Waals surface area contributed by atoms with Crippen molar-refractivity contribution in [3.63, 3.8) is 0 Å². The molecule has 0 radical (unpaired) electrons. The smallest absolute Gasteiger partial charge is 0.295 e. The van der Waals surface area contributed by atoms with E-state index in [-0.39, 0.29) is 17.2 Å². The van der Waals surface area contributed by atoms with Crippen LogP contribution in [0.2, 0.25) is 0 Å². The van der Waals surface area contributed by atoms with Gasteiger partial charge in [-0.25, -0.2) is 9.36 Å². The molecule has 4 rings (SSSR count). The summed E-state index contributed by atoms with van der Waals surface area (Å²) in [6, 6.07) is 19.0. The number of nitrogens with one attached hydrogen (secondary N) is 1. The number of anilines is 1. The quantitative estimate of drug-likeness (QED) is 0.523. The number of hydrogen-bond acceptors (Lipinski definition) is 3. The van der Waals surface area contributed by atoms with Gasteiger partial charge in [0.15, 0.2) is 0 Å². The van der Waals surface area contributed by atoms with Crippen LogP contribution >= 0.6 is 0 Å². The van der Waals surface area contributed by atoms with Gasteiger partial charge in [-0.3, -0.25) is 14.3 Å². The molecule has 150 valence electrons. The standard InChI is InChI=1S/C23H21N5O2/c1-17-22(23(30)28(26(17)2)20-11-7-4-8-12-20)25-21(29)14-13-18-15-24-27(16-18)19-9-5-3-6-10-19/h3-16H,1-2H3,(H,25,29)/b14-13+. The summed E-state index contributed by atoms with van der Waals surface area (Å²) in [5.74, 6) is -0.381. The lowest BCUT2D eigenvalue weighted by molar-refractivity contribution is -0.111. The van der Waals surface area contributed by atoms with Crippen molar-refractivity contribution >= 4 is 17.7 Å². The zero-order chi connectivity index (χ0) is 21.1. The van der Waals surface area contributed by atoms with E-state index in [1.807, 2.05) is 66.9 Å². The highest BCUT2D eigenvalue weighted by Crippen LogP contribution is 2.14. The number of hydrogen-bond donors (Lipinski definition) is 1. The van der Waals surface area contributed by atoms with E-state index in [9.17, 15) is 9.59 Å². The van der Waals surface area contributed by atoms with Crippen LogP contribution in [-0.4, -0.2) is 25.1 Å². The van der Waals surface area contributed by atoms with Crippen molar-refractivity contribution in [1.29, 1.82) is 0 Å². The van der Waals surface area contributed by atoms with Crippen molar-refractivity contribution in [2.45, 2.75) is 6.92 Å². The number of aromatic nitrogens is 4. The van der Waals surface area contributed by atoms with Crippen LogP contribution in [0.1, 0.15) is 11.3 Å². The molecule has 0 saturated heterocycles. The SMILES string of the molecule is Cc1c(NC(=O)/C=C/c2cnn(-c3ccccc3)c2)c(=O)n(-c2ccccc2)n1C. The van der Waals surface area contributed by atoms with Gasteiger partial charge in [0, 0.05) is 24.9 Å². The third-order valence-corrected chi connectivity index (χ3v) is 4.85. The fourth-order valence-electron chi connectivity index (χ4n) is 3.19. The summed E-state index contributed by atoms with van der Waals surface area (Å²) in [5.41, 5.74) is 3.10. The Balaban J connectivity index is 1.53. The Kier molecular flexibility index (Phi) is 5.17. The summed E-state index contributed by atoms with van der Waals surface area (Å²) >= 11 is 0. The first-order valence-electron chi connectivity index (χ1n) is 9.48. The van der Waals surface area contributed by atoms with Crippen molar-refractivity contribution in [1.82, 2.24) is 19.1 Å². The fraction of sp³-hybridized carbons (Fsp3) is 0.0870. The van der Waals surface area contributed by atoms with Gasteiger partial charge in [0.05, 0.1) is 23.3 Å². The molecule has 30 heavy (non-hydrogen) atoms. The largest absolute Gasteiger partial charge is 0.316 e. The van der Waals surface area contributed by atoms with Crippen LogP contribution in [0.15, 0.2) is 83.9 Å². The Morgan fingerprint density at radius 2 is 1.63 bits per heavy atom. The summed E-state index contributed by atoms with van der Waals surface area (Å²) in [6.07, 6.45) is 6.56. The maximum atomic E-state index is 12.9. The Morgan fingerprint density at radius 3 is 2.30 bits per heavy atom. The summed E-state index contributed by atoms with van der Waals surface area (Å²) < 4.78 is 4.98. The molecule has 0 spiro atoms. The molecular formula is C23H21N5O2. The Bertz CT molecular complexity index is 1260. The van der Waals surface area contributed by atoms with Gasteiger partial charge in [0.25, 0.3) is 5.56 Å². The van der Waals surface area contributed by atoms with Crippen LogP contribution in [0.4, 0.5) is 5.69 Å². The van der Waals surface area contributed by atoms with E-state index in [0.29, 0.717) is 5.69 Å². The van der Waals surface area contributed by atoms with Gasteiger partial charge < -0.3 is 5.32 Å². The summed E-state index contributed by atoms with van der Waals surface area (Å²) in [6.45, 7) is 1.80. The number of rotatable bonds is 5. The highest BCUT2D eigenvalue weighted by molar-refractivity contribution is 6.02. The zero-order valence-electron chi connectivity index (χ0n) is 16.7. The third kappa shape index (κ3) is 3.73. The molecule has 1 amide bonds. The lowest BCUT2D eigenvalue weighted by atomic mass is 10.3. The fourth-order valence-corrected chi connectivity index (χ4v) is 3.19. The van der Waals surface area contributed by atoms with E-state index < -0.39 is 0 Å². The predicted octanol–water partition coefficient (Wildman–Crippen LogP) is 3.32. The predicted molar refractivity (Wildman–Crippen MR) is 117 cm³/mol. The van der Waals surface area contributed by atoms with Crippen LogP contribution in [0, 0.1) is 6.92 Å². The summed E-state index contributed by atoms with van der Waals surface area (Å²) in [7, 11) is 1.78. The van der Waals surface area contributed by atoms with Gasteiger partial charge in [-0.15, -0.1) is 0 Å². The average Bonchev–Trinajstić information content (AvgIpc) is 3.33. The molecule has 0 saturated carbocycles. The molecule has 4 aromatic rings. The van der Waals surface area contributed by atoms with Crippen LogP contribution < -0.4 is 10.9 Å². The van der Waals surface area contributed by atoms with Crippen LogP contribution in [0.5, 0.6) is 0 Å². The molecule has 0 aliphatic heterocycles. The Labute approximate surface area is 173 Å². The Hall–Kier alpha value is -4.13. The monoisotopic (exact) mass is 399 g/mol. The van der Waals surface area contributed by atoms with Gasteiger partial charge in [-0.05, 0) is 37.3 Å². The van der Waals surface area contributed by atoms with Gasteiger partial charge in [0.2, 0.25) is 5.91 Å². The average molecular weight is 399 g/mol. The van der Waals surface area contributed by atoms with Gasteiger partial charge >= 0.3 is 0 Å². The van der Waals surface area contributed by atoms with Crippen molar-refractivity contribution in [2.75, 3.05) is 5.32 Å². The molecular weight excluding hydrogens is 378 g/mol. The van der Waals surface area contributed by atoms with Crippen molar-refractivity contribution in [3.05, 3.63) is 101 Å². The van der Waals surface area contributed by atoms with Crippen molar-refractivity contribution in [3.8, 4) is 11.4 Å². The van der Waals surface area contributed by atoms with Gasteiger partial charge in [-0.2, -0.15) is 5.10 Å². The highest BCUT2D eigenvalue weighted by Gasteiger charge is 2.17. The molecule has 7 nitrogen and oxygen atoms in total. The van der Waals surface area contributed by atoms with Crippen molar-refractivity contribution in [2.24, 2.45) is 7.05 Å². The minimum atomic E-state index is -0.381. The molecule has 2 aromatic heterocycles. The number of carbonyl (C=O) groups excluding carboxylic acids is 1. The van der Waals surface area contributed by atoms with E-state index in [4.69, 9.17) is 0 Å². The first kappa shape index (κ1) is 19.2. The van der Waals surface area contributed by atoms with Gasteiger partial charge in [0.1, 0.15) is 5.69 Å². The lowest BCUT2D eigenvalue weighted by Gasteiger charge is -2.07. The number of para-hydroxylation sites is 2. The van der Waals surface area contributed by atoms with E-state index in [1.54, 1.807) is 35.6 Å². The van der Waals surface area contributed by atoms with Gasteiger partial charge in [-0.1, -0.05) is 36.4 Å². The minimum Gasteiger partial charge on any atom is -0.316 e. The summed E-state index contributed by atoms with van der Waals surface area (Å²) in [4.78, 5) is 25.3. The second-order valence-electron chi connectivity index (χ2n) is 6.81. The van der Waals surface area contributed by atoms with E-state index in [1.165, 1.54) is 10.8 Å². The molecule has 2 aromatic carbocycles. The topological polar surface area (TPSA) is 73.8 Å². The number of carbonyl (C=O) groups is 1. The van der Waals surface area contributed by atoms with E-state index in [0.717, 1.165) is 16.9 Å². The molecule has 0 bridgehead atoms. The normalized spacial score (nSPS) is 11.1. The first-order chi connectivity index (χ1) is 14.5. The number of amides is 1. The molecule has 7 heteroatoms. The number of benzene rings is 2. The van der Waals surface area contributed by atoms with E-state index >= 15 is 0 Å². The molecule has 0 aliphatic rings. The van der Waals surface area contributed by atoms with Crippen LogP contribution in [0.25, 0.3) is 17.5 Å². The number of nitrogens with zero attached hydrogens (tertiary/aromatic N) is 4. The highest BCUT2D eigenvalue weighted by atomic mass is 16.2. The maximum absolute atomic E-state index is 12.9. The molecule has 0 fully saturated rings. The minimum absolute atomic E-state index is 0.260. The van der Waals surface area contributed by atoms with Crippen molar-refractivity contribution < 1.29 is 4.79 Å².